The summed E-state index contributed by atoms with van der Waals surface area (Å²) in [6.07, 6.45) is 2.75. The number of likely N-dealkylation sites (N-methyl/N-ethyl adjacent to an activating group) is 1. The minimum Gasteiger partial charge on any atom is -0.373 e. The number of amides is 2. The largest absolute Gasteiger partial charge is 0.373 e. The molecule has 2 amide bonds. The van der Waals surface area contributed by atoms with E-state index in [-0.39, 0.29) is 34.0 Å². The van der Waals surface area contributed by atoms with Gasteiger partial charge in [0.25, 0.3) is 0 Å². The SMILES string of the molecule is C=CC(=O)N1CCC(Nc2cc(F)c3c(c2)N(C)C(=O)C32CC2)(c2c(F)ccc(Cl)c2Cl)C1. The third-order valence-electron chi connectivity index (χ3n) is 7.04. The van der Waals surface area contributed by atoms with Crippen LogP contribution in [0.25, 0.3) is 0 Å². The normalized spacial score (nSPS) is 22.6. The summed E-state index contributed by atoms with van der Waals surface area (Å²) in [4.78, 5) is 28.0. The van der Waals surface area contributed by atoms with Gasteiger partial charge in [-0.3, -0.25) is 9.59 Å². The van der Waals surface area contributed by atoms with E-state index in [1.807, 2.05) is 0 Å². The Kier molecular flexibility index (Phi) is 4.99. The van der Waals surface area contributed by atoms with Crippen LogP contribution >= 0.6 is 23.2 Å². The Balaban J connectivity index is 1.62. The monoisotopic (exact) mass is 491 g/mol. The number of fused-ring (bicyclic) bond motifs is 2. The van der Waals surface area contributed by atoms with E-state index in [1.165, 1.54) is 34.1 Å². The molecule has 2 aromatic rings. The Bertz CT molecular complexity index is 1230. The number of hydrogen-bond acceptors (Lipinski definition) is 3. The van der Waals surface area contributed by atoms with Crippen molar-refractivity contribution in [2.24, 2.45) is 0 Å². The molecular weight excluding hydrogens is 471 g/mol. The molecule has 1 saturated heterocycles. The maximum Gasteiger partial charge on any atom is 0.246 e. The Labute approximate surface area is 199 Å². The first kappa shape index (κ1) is 22.2. The zero-order valence-corrected chi connectivity index (χ0v) is 19.4. The van der Waals surface area contributed by atoms with Gasteiger partial charge in [0.2, 0.25) is 11.8 Å². The molecule has 2 aliphatic heterocycles. The highest BCUT2D eigenvalue weighted by atomic mass is 35.5. The molecule has 1 unspecified atom stereocenters. The molecule has 2 heterocycles. The minimum absolute atomic E-state index is 0.0305. The van der Waals surface area contributed by atoms with Crippen LogP contribution in [0, 0.1) is 11.6 Å². The molecule has 9 heteroatoms. The molecule has 1 N–H and O–H groups in total. The van der Waals surface area contributed by atoms with E-state index in [4.69, 9.17) is 23.2 Å². The number of nitrogens with zero attached hydrogens (tertiary/aromatic N) is 2. The molecule has 0 bridgehead atoms. The molecule has 172 valence electrons. The Morgan fingerprint density at radius 2 is 1.88 bits per heavy atom. The molecule has 3 aliphatic rings. The van der Waals surface area contributed by atoms with Gasteiger partial charge < -0.3 is 15.1 Å². The second kappa shape index (κ2) is 7.43. The van der Waals surface area contributed by atoms with Crippen LogP contribution in [0.5, 0.6) is 0 Å². The Morgan fingerprint density at radius 3 is 2.55 bits per heavy atom. The lowest BCUT2D eigenvalue weighted by molar-refractivity contribution is -0.125. The maximum atomic E-state index is 15.3. The Morgan fingerprint density at radius 1 is 1.15 bits per heavy atom. The fraction of sp³-hybridized carbons (Fsp3) is 0.333. The predicted molar refractivity (Wildman–Crippen MR) is 124 cm³/mol. The first-order chi connectivity index (χ1) is 15.6. The van der Waals surface area contributed by atoms with Gasteiger partial charge in [0.15, 0.2) is 0 Å². The summed E-state index contributed by atoms with van der Waals surface area (Å²) < 4.78 is 30.4. The summed E-state index contributed by atoms with van der Waals surface area (Å²) in [5.74, 6) is -1.50. The highest BCUT2D eigenvalue weighted by Crippen LogP contribution is 2.58. The summed E-state index contributed by atoms with van der Waals surface area (Å²) in [6, 6.07) is 5.60. The van der Waals surface area contributed by atoms with Crippen LogP contribution in [-0.2, 0) is 20.5 Å². The van der Waals surface area contributed by atoms with Gasteiger partial charge in [0.05, 0.1) is 26.7 Å². The van der Waals surface area contributed by atoms with Crippen LogP contribution in [0.4, 0.5) is 20.2 Å². The van der Waals surface area contributed by atoms with Crippen LogP contribution in [0.3, 0.4) is 0 Å². The number of halogens is 4. The number of hydrogen-bond donors (Lipinski definition) is 1. The van der Waals surface area contributed by atoms with Gasteiger partial charge in [-0.1, -0.05) is 29.8 Å². The van der Waals surface area contributed by atoms with Gasteiger partial charge in [-0.05, 0) is 49.6 Å². The third-order valence-corrected chi connectivity index (χ3v) is 7.84. The molecular formula is C24H21Cl2F2N3O2. The van der Waals surface area contributed by atoms with Crippen LogP contribution in [0.15, 0.2) is 36.9 Å². The Hall–Kier alpha value is -2.64. The van der Waals surface area contributed by atoms with Crippen molar-refractivity contribution in [1.82, 2.24) is 4.90 Å². The molecule has 33 heavy (non-hydrogen) atoms. The van der Waals surface area contributed by atoms with E-state index in [9.17, 15) is 9.59 Å². The lowest BCUT2D eigenvalue weighted by Gasteiger charge is -2.34. The average Bonchev–Trinajstić information content (AvgIpc) is 3.43. The number of rotatable bonds is 4. The van der Waals surface area contributed by atoms with Crippen molar-refractivity contribution >= 4 is 46.4 Å². The van der Waals surface area contributed by atoms with Gasteiger partial charge in [0.1, 0.15) is 11.6 Å². The molecule has 2 aromatic carbocycles. The lowest BCUT2D eigenvalue weighted by atomic mass is 9.87. The molecule has 5 rings (SSSR count). The zero-order valence-electron chi connectivity index (χ0n) is 17.9. The fourth-order valence-electron chi connectivity index (χ4n) is 5.27. The summed E-state index contributed by atoms with van der Waals surface area (Å²) in [7, 11) is 1.63. The lowest BCUT2D eigenvalue weighted by Crippen LogP contribution is -2.41. The minimum atomic E-state index is -1.16. The van der Waals surface area contributed by atoms with E-state index < -0.39 is 22.6 Å². The van der Waals surface area contributed by atoms with E-state index in [1.54, 1.807) is 13.1 Å². The van der Waals surface area contributed by atoms with Crippen LogP contribution in [-0.4, -0.2) is 36.9 Å². The van der Waals surface area contributed by atoms with Crippen LogP contribution in [0.2, 0.25) is 10.0 Å². The van der Waals surface area contributed by atoms with Crippen molar-refractivity contribution in [3.63, 3.8) is 0 Å². The summed E-state index contributed by atoms with van der Waals surface area (Å²) in [5.41, 5.74) is -0.551. The van der Waals surface area contributed by atoms with Crippen molar-refractivity contribution in [3.05, 3.63) is 69.7 Å². The number of benzene rings is 2. The molecule has 1 aliphatic carbocycles. The highest BCUT2D eigenvalue weighted by Gasteiger charge is 2.60. The van der Waals surface area contributed by atoms with Crippen molar-refractivity contribution in [2.45, 2.75) is 30.2 Å². The topological polar surface area (TPSA) is 52.7 Å². The fourth-order valence-corrected chi connectivity index (χ4v) is 5.76. The summed E-state index contributed by atoms with van der Waals surface area (Å²) in [6.45, 7) is 3.92. The first-order valence-electron chi connectivity index (χ1n) is 10.6. The smallest absolute Gasteiger partial charge is 0.246 e. The second-order valence-corrected chi connectivity index (χ2v) is 9.72. The summed E-state index contributed by atoms with van der Waals surface area (Å²) in [5, 5.41) is 3.45. The number of nitrogens with one attached hydrogen (secondary N) is 1. The highest BCUT2D eigenvalue weighted by molar-refractivity contribution is 6.42. The maximum absolute atomic E-state index is 15.3. The molecule has 2 fully saturated rings. The molecule has 1 atom stereocenters. The average molecular weight is 492 g/mol. The van der Waals surface area contributed by atoms with E-state index in [0.29, 0.717) is 42.7 Å². The standard InChI is InChI=1S/C24H21Cl2F2N3O2/c1-3-18(32)31-9-8-24(12-31,20-15(27)5-4-14(25)21(20)26)29-13-10-16(28)19-17(11-13)30(2)22(33)23(19)6-7-23/h3-5,10-11,29H,1,6-9,12H2,2H3. The number of carbonyl (C=O) groups is 2. The third kappa shape index (κ3) is 3.16. The number of carbonyl (C=O) groups excluding carboxylic acids is 2. The number of likely N-dealkylation sites (tertiary alicyclic amines) is 1. The van der Waals surface area contributed by atoms with Gasteiger partial charge in [0, 0.05) is 37.0 Å². The van der Waals surface area contributed by atoms with Gasteiger partial charge in [-0.25, -0.2) is 8.78 Å². The first-order valence-corrected chi connectivity index (χ1v) is 11.3. The van der Waals surface area contributed by atoms with Crippen molar-refractivity contribution in [3.8, 4) is 0 Å². The molecule has 1 saturated carbocycles. The molecule has 1 spiro atoms. The van der Waals surface area contributed by atoms with Gasteiger partial charge in [-0.15, -0.1) is 0 Å². The predicted octanol–water partition coefficient (Wildman–Crippen LogP) is 5.01. The molecule has 5 nitrogen and oxygen atoms in total. The van der Waals surface area contributed by atoms with Crippen molar-refractivity contribution in [2.75, 3.05) is 30.4 Å². The van der Waals surface area contributed by atoms with Crippen molar-refractivity contribution < 1.29 is 18.4 Å². The number of anilines is 2. The van der Waals surface area contributed by atoms with E-state index >= 15 is 8.78 Å². The van der Waals surface area contributed by atoms with Gasteiger partial charge in [-0.2, -0.15) is 0 Å². The van der Waals surface area contributed by atoms with Gasteiger partial charge >= 0.3 is 0 Å². The zero-order chi connectivity index (χ0) is 23.7. The molecule has 0 aromatic heterocycles. The van der Waals surface area contributed by atoms with Crippen LogP contribution < -0.4 is 10.2 Å². The quantitative estimate of drug-likeness (QED) is 0.483. The van der Waals surface area contributed by atoms with E-state index in [2.05, 4.69) is 11.9 Å². The molecule has 0 radical (unpaired) electrons. The van der Waals surface area contributed by atoms with Crippen molar-refractivity contribution in [1.29, 1.82) is 0 Å². The summed E-state index contributed by atoms with van der Waals surface area (Å²) >= 11 is 12.6. The van der Waals surface area contributed by atoms with Crippen LogP contribution in [0.1, 0.15) is 30.4 Å². The second-order valence-electron chi connectivity index (χ2n) is 8.94. The van der Waals surface area contributed by atoms with E-state index in [0.717, 1.165) is 0 Å².